The van der Waals surface area contributed by atoms with E-state index in [9.17, 15) is 4.79 Å². The van der Waals surface area contributed by atoms with E-state index >= 15 is 0 Å². The predicted octanol–water partition coefficient (Wildman–Crippen LogP) is 5.25. The number of aromatic nitrogens is 2. The number of H-pyrrole nitrogens is 1. The summed E-state index contributed by atoms with van der Waals surface area (Å²) in [5, 5.41) is 14.0. The van der Waals surface area contributed by atoms with Gasteiger partial charge in [0.25, 0.3) is 5.91 Å². The Hall–Kier alpha value is -3.25. The highest BCUT2D eigenvalue weighted by molar-refractivity contribution is 9.10. The Morgan fingerprint density at radius 3 is 2.63 bits per heavy atom. The summed E-state index contributed by atoms with van der Waals surface area (Å²) in [7, 11) is 0. The molecule has 1 heterocycles. The van der Waals surface area contributed by atoms with Gasteiger partial charge in [-0.2, -0.15) is 10.2 Å². The van der Waals surface area contributed by atoms with Crippen molar-refractivity contribution in [1.29, 1.82) is 0 Å². The third kappa shape index (κ3) is 3.33. The van der Waals surface area contributed by atoms with E-state index in [-0.39, 0.29) is 5.91 Å². The molecule has 0 unspecified atom stereocenters. The van der Waals surface area contributed by atoms with Crippen LogP contribution in [-0.2, 0) is 12.8 Å². The number of halogens is 1. The summed E-state index contributed by atoms with van der Waals surface area (Å²) in [6.07, 6.45) is 2.17. The second-order valence-corrected chi connectivity index (χ2v) is 8.34. The second kappa shape index (κ2) is 7.54. The van der Waals surface area contributed by atoms with Crippen molar-refractivity contribution in [3.05, 3.63) is 87.5 Å². The number of benzene rings is 3. The van der Waals surface area contributed by atoms with Crippen molar-refractivity contribution in [2.45, 2.75) is 19.8 Å². The Bertz CT molecular complexity index is 1290. The van der Waals surface area contributed by atoms with Gasteiger partial charge in [0.15, 0.2) is 0 Å². The number of hydrogen-bond donors (Lipinski definition) is 2. The molecule has 0 aliphatic heterocycles. The lowest BCUT2D eigenvalue weighted by molar-refractivity contribution is 0.0950. The smallest absolute Gasteiger partial charge is 0.272 e. The van der Waals surface area contributed by atoms with Gasteiger partial charge in [0, 0.05) is 10.0 Å². The number of rotatable bonds is 4. The molecule has 1 amide bonds. The number of carbonyl (C=O) groups excluding carboxylic acids is 1. The summed E-state index contributed by atoms with van der Waals surface area (Å²) in [4.78, 5) is 12.6. The molecule has 0 radical (unpaired) electrons. The second-order valence-electron chi connectivity index (χ2n) is 7.42. The first-order chi connectivity index (χ1) is 14.6. The van der Waals surface area contributed by atoms with Gasteiger partial charge in [-0.1, -0.05) is 58.4 Å². The molecule has 1 aliphatic rings. The number of amides is 1. The molecule has 0 fully saturated rings. The van der Waals surface area contributed by atoms with Crippen molar-refractivity contribution < 1.29 is 4.79 Å². The number of aryl methyl sites for hydroxylation is 2. The van der Waals surface area contributed by atoms with Gasteiger partial charge in [-0.3, -0.25) is 9.89 Å². The summed E-state index contributed by atoms with van der Waals surface area (Å²) >= 11 is 3.41. The lowest BCUT2D eigenvalue weighted by Crippen LogP contribution is -2.19. The van der Waals surface area contributed by atoms with Crippen molar-refractivity contribution in [3.8, 4) is 11.3 Å². The van der Waals surface area contributed by atoms with Crippen LogP contribution in [0.2, 0.25) is 0 Å². The average Bonchev–Trinajstić information content (AvgIpc) is 3.42. The molecule has 148 valence electrons. The zero-order valence-corrected chi connectivity index (χ0v) is 18.0. The zero-order chi connectivity index (χ0) is 20.7. The maximum absolute atomic E-state index is 12.6. The molecule has 5 nitrogen and oxygen atoms in total. The minimum Gasteiger partial charge on any atom is -0.272 e. The van der Waals surface area contributed by atoms with Crippen LogP contribution in [0.3, 0.4) is 0 Å². The summed E-state index contributed by atoms with van der Waals surface area (Å²) in [5.74, 6) is -0.323. The molecule has 0 atom stereocenters. The third-order valence-corrected chi connectivity index (χ3v) is 6.09. The van der Waals surface area contributed by atoms with E-state index in [0.29, 0.717) is 5.69 Å². The van der Waals surface area contributed by atoms with Crippen molar-refractivity contribution >= 4 is 38.3 Å². The number of aromatic amines is 1. The minimum atomic E-state index is -0.323. The van der Waals surface area contributed by atoms with Crippen molar-refractivity contribution in [1.82, 2.24) is 15.6 Å². The van der Waals surface area contributed by atoms with Gasteiger partial charge in [-0.15, -0.1) is 0 Å². The molecular formula is C24H19BrN4O. The van der Waals surface area contributed by atoms with Gasteiger partial charge in [0.1, 0.15) is 5.69 Å². The summed E-state index contributed by atoms with van der Waals surface area (Å²) < 4.78 is 0.996. The molecule has 0 saturated heterocycles. The predicted molar refractivity (Wildman–Crippen MR) is 123 cm³/mol. The largest absolute Gasteiger partial charge is 0.289 e. The molecule has 30 heavy (non-hydrogen) atoms. The number of nitrogens with zero attached hydrogens (tertiary/aromatic N) is 2. The van der Waals surface area contributed by atoms with E-state index in [1.165, 1.54) is 21.9 Å². The third-order valence-electron chi connectivity index (χ3n) is 5.56. The molecule has 3 aromatic carbocycles. The first-order valence-corrected chi connectivity index (χ1v) is 10.6. The Morgan fingerprint density at radius 1 is 1.07 bits per heavy atom. The molecule has 1 aromatic heterocycles. The summed E-state index contributed by atoms with van der Waals surface area (Å²) in [5.41, 5.74) is 9.20. The maximum Gasteiger partial charge on any atom is 0.289 e. The van der Waals surface area contributed by atoms with Gasteiger partial charge in [-0.25, -0.2) is 5.43 Å². The van der Waals surface area contributed by atoms with Gasteiger partial charge >= 0.3 is 0 Å². The van der Waals surface area contributed by atoms with Gasteiger partial charge in [0.2, 0.25) is 0 Å². The van der Waals surface area contributed by atoms with E-state index in [1.54, 1.807) is 6.07 Å². The molecule has 5 rings (SSSR count). The number of nitrogens with one attached hydrogen (secondary N) is 2. The highest BCUT2D eigenvalue weighted by atomic mass is 79.9. The van der Waals surface area contributed by atoms with Crippen LogP contribution >= 0.6 is 15.9 Å². The molecule has 1 aliphatic carbocycles. The van der Waals surface area contributed by atoms with E-state index in [4.69, 9.17) is 0 Å². The highest BCUT2D eigenvalue weighted by Gasteiger charge is 2.18. The van der Waals surface area contributed by atoms with Crippen LogP contribution in [0.4, 0.5) is 0 Å². The highest BCUT2D eigenvalue weighted by Crippen LogP contribution is 2.36. The lowest BCUT2D eigenvalue weighted by Gasteiger charge is -2.06. The monoisotopic (exact) mass is 458 g/mol. The minimum absolute atomic E-state index is 0.323. The first-order valence-electron chi connectivity index (χ1n) is 9.80. The van der Waals surface area contributed by atoms with Crippen LogP contribution in [0.25, 0.3) is 22.0 Å². The zero-order valence-electron chi connectivity index (χ0n) is 16.4. The molecule has 0 spiro atoms. The normalized spacial score (nSPS) is 13.1. The Kier molecular flexibility index (Phi) is 4.71. The fourth-order valence-electron chi connectivity index (χ4n) is 4.00. The molecule has 2 N–H and O–H groups in total. The van der Waals surface area contributed by atoms with Crippen molar-refractivity contribution in [2.24, 2.45) is 5.10 Å². The fraction of sp³-hybridized carbons (Fsp3) is 0.125. The SMILES string of the molecule is C/C(=N/NC(=O)c1cc(-c2ccc3c4c(cccc24)CC3)n[nH]1)c1ccc(Br)cc1. The molecular weight excluding hydrogens is 440 g/mol. The van der Waals surface area contributed by atoms with Crippen molar-refractivity contribution in [2.75, 3.05) is 0 Å². The van der Waals surface area contributed by atoms with Crippen LogP contribution in [0.15, 0.2) is 70.2 Å². The van der Waals surface area contributed by atoms with Crippen molar-refractivity contribution in [3.63, 3.8) is 0 Å². The van der Waals surface area contributed by atoms with Gasteiger partial charge < -0.3 is 0 Å². The van der Waals surface area contributed by atoms with Crippen LogP contribution in [0, 0.1) is 0 Å². The van der Waals surface area contributed by atoms with E-state index in [1.807, 2.05) is 31.2 Å². The van der Waals surface area contributed by atoms with E-state index in [2.05, 4.69) is 67.0 Å². The van der Waals surface area contributed by atoms with E-state index in [0.717, 1.165) is 39.8 Å². The van der Waals surface area contributed by atoms with Crippen LogP contribution in [0.1, 0.15) is 34.1 Å². The molecule has 4 aromatic rings. The molecule has 0 bridgehead atoms. The average molecular weight is 459 g/mol. The summed E-state index contributed by atoms with van der Waals surface area (Å²) in [6.45, 7) is 1.86. The van der Waals surface area contributed by atoms with Gasteiger partial charge in [-0.05, 0) is 65.4 Å². The molecule has 0 saturated carbocycles. The Balaban J connectivity index is 1.40. The standard InChI is InChI=1S/C24H19BrN4O/c1-14(15-7-10-18(25)11-8-15)26-29-24(30)22-13-21(27-28-22)19-12-9-17-6-5-16-3-2-4-20(19)23(16)17/h2-4,7-13H,5-6H2,1H3,(H,27,28)(H,29,30)/b26-14-. The Morgan fingerprint density at radius 2 is 1.83 bits per heavy atom. The van der Waals surface area contributed by atoms with Crippen LogP contribution < -0.4 is 5.43 Å². The van der Waals surface area contributed by atoms with Crippen LogP contribution in [0.5, 0.6) is 0 Å². The maximum atomic E-state index is 12.6. The lowest BCUT2D eigenvalue weighted by atomic mass is 9.98. The fourth-order valence-corrected chi connectivity index (χ4v) is 4.26. The van der Waals surface area contributed by atoms with E-state index < -0.39 is 0 Å². The van der Waals surface area contributed by atoms with Gasteiger partial charge in [0.05, 0.1) is 11.4 Å². The number of hydrazone groups is 1. The number of carbonyl (C=O) groups is 1. The first kappa shape index (κ1) is 18.8. The topological polar surface area (TPSA) is 70.1 Å². The number of hydrogen-bond acceptors (Lipinski definition) is 3. The quantitative estimate of drug-likeness (QED) is 0.324. The molecule has 6 heteroatoms. The van der Waals surface area contributed by atoms with Crippen LogP contribution in [-0.4, -0.2) is 21.8 Å². The Labute approximate surface area is 182 Å². The summed E-state index contributed by atoms with van der Waals surface area (Å²) in [6, 6.07) is 20.2.